The molecule has 0 unspecified atom stereocenters. The molecule has 0 saturated carbocycles. The number of hydrogen-bond donors (Lipinski definition) is 3. The summed E-state index contributed by atoms with van der Waals surface area (Å²) in [4.78, 5) is 47.6. The Labute approximate surface area is 186 Å². The molecular formula is C22H28N6O4. The van der Waals surface area contributed by atoms with Crippen LogP contribution < -0.4 is 10.6 Å². The molecule has 0 atom stereocenters. The largest absolute Gasteiger partial charge is 0.465 e. The van der Waals surface area contributed by atoms with Crippen LogP contribution in [0.4, 0.5) is 10.6 Å². The van der Waals surface area contributed by atoms with Crippen molar-refractivity contribution < 1.29 is 19.5 Å². The minimum Gasteiger partial charge on any atom is -0.465 e. The maximum Gasteiger partial charge on any atom is 0.410 e. The normalized spacial score (nSPS) is 14.7. The number of aromatic nitrogens is 2. The van der Waals surface area contributed by atoms with Crippen LogP contribution in [0.3, 0.4) is 0 Å². The van der Waals surface area contributed by atoms with E-state index < -0.39 is 6.09 Å². The Morgan fingerprint density at radius 1 is 1.06 bits per heavy atom. The second-order valence-electron chi connectivity index (χ2n) is 8.69. The van der Waals surface area contributed by atoms with Crippen molar-refractivity contribution in [1.29, 1.82) is 0 Å². The summed E-state index contributed by atoms with van der Waals surface area (Å²) < 4.78 is 0. The summed E-state index contributed by atoms with van der Waals surface area (Å²) in [6.45, 7) is 8.99. The average Bonchev–Trinajstić information content (AvgIpc) is 2.73. The minimum atomic E-state index is -1.24. The van der Waals surface area contributed by atoms with E-state index in [-0.39, 0.29) is 28.9 Å². The van der Waals surface area contributed by atoms with Crippen LogP contribution in [0.5, 0.6) is 0 Å². The number of nitrogens with zero attached hydrogens (tertiary/aromatic N) is 4. The van der Waals surface area contributed by atoms with E-state index in [0.717, 1.165) is 5.56 Å². The van der Waals surface area contributed by atoms with E-state index in [9.17, 15) is 14.4 Å². The first-order valence-electron chi connectivity index (χ1n) is 10.4. The van der Waals surface area contributed by atoms with Crippen molar-refractivity contribution in [3.63, 3.8) is 0 Å². The first-order chi connectivity index (χ1) is 15.1. The van der Waals surface area contributed by atoms with Gasteiger partial charge in [-0.15, -0.1) is 0 Å². The fraction of sp³-hybridized carbons (Fsp3) is 0.409. The Bertz CT molecular complexity index is 979. The van der Waals surface area contributed by atoms with Crippen LogP contribution in [-0.4, -0.2) is 74.5 Å². The summed E-state index contributed by atoms with van der Waals surface area (Å²) in [7, 11) is 0. The third-order valence-electron chi connectivity index (χ3n) is 4.85. The maximum absolute atomic E-state index is 12.7. The topological polar surface area (TPSA) is 128 Å². The Morgan fingerprint density at radius 3 is 2.38 bits per heavy atom. The summed E-state index contributed by atoms with van der Waals surface area (Å²) in [6, 6.07) is 7.59. The third kappa shape index (κ3) is 6.48. The highest BCUT2D eigenvalue weighted by Gasteiger charge is 2.23. The van der Waals surface area contributed by atoms with Gasteiger partial charge in [-0.3, -0.25) is 19.8 Å². The van der Waals surface area contributed by atoms with Crippen LogP contribution in [0.1, 0.15) is 47.2 Å². The minimum absolute atomic E-state index is 0.0669. The van der Waals surface area contributed by atoms with Crippen LogP contribution in [0.25, 0.3) is 0 Å². The fourth-order valence-corrected chi connectivity index (χ4v) is 3.37. The van der Waals surface area contributed by atoms with Crippen LogP contribution in [-0.2, 0) is 6.54 Å². The molecule has 0 spiro atoms. The number of piperazine rings is 1. The van der Waals surface area contributed by atoms with Gasteiger partial charge in [-0.1, -0.05) is 12.1 Å². The molecule has 1 aliphatic rings. The van der Waals surface area contributed by atoms with Gasteiger partial charge >= 0.3 is 6.09 Å². The fourth-order valence-electron chi connectivity index (χ4n) is 3.37. The van der Waals surface area contributed by atoms with Gasteiger partial charge in [-0.05, 0) is 38.5 Å². The second-order valence-corrected chi connectivity index (χ2v) is 8.69. The summed E-state index contributed by atoms with van der Waals surface area (Å²) in [6.07, 6.45) is 1.25. The predicted molar refractivity (Wildman–Crippen MR) is 119 cm³/mol. The summed E-state index contributed by atoms with van der Waals surface area (Å²) in [5.74, 6) is -0.266. The van der Waals surface area contributed by atoms with Crippen molar-refractivity contribution in [1.82, 2.24) is 25.1 Å². The van der Waals surface area contributed by atoms with Crippen molar-refractivity contribution in [2.45, 2.75) is 32.9 Å². The number of anilines is 1. The lowest BCUT2D eigenvalue weighted by molar-refractivity contribution is 0.0622. The standard InChI is InChI=1S/C22H28N6O4/c1-22(2,3)26-19(29)16-6-4-5-15(11-16)14-27-7-9-28(10-8-27)20(30)17-12-24-18(13-23-17)25-21(31)32/h4-6,11-13H,7-10,14H2,1-3H3,(H,24,25)(H,26,29)(H,31,32). The summed E-state index contributed by atoms with van der Waals surface area (Å²) >= 11 is 0. The monoisotopic (exact) mass is 440 g/mol. The molecule has 3 rings (SSSR count). The van der Waals surface area contributed by atoms with E-state index in [1.54, 1.807) is 11.0 Å². The zero-order valence-corrected chi connectivity index (χ0v) is 18.5. The van der Waals surface area contributed by atoms with Crippen molar-refractivity contribution in [2.24, 2.45) is 0 Å². The smallest absolute Gasteiger partial charge is 0.410 e. The van der Waals surface area contributed by atoms with E-state index in [1.807, 2.05) is 39.0 Å². The quantitative estimate of drug-likeness (QED) is 0.649. The number of nitrogens with one attached hydrogen (secondary N) is 2. The number of carboxylic acid groups (broad SMARTS) is 1. The number of rotatable bonds is 5. The van der Waals surface area contributed by atoms with Gasteiger partial charge in [-0.2, -0.15) is 0 Å². The molecule has 10 nitrogen and oxygen atoms in total. The molecule has 1 aromatic heterocycles. The zero-order valence-electron chi connectivity index (χ0n) is 18.5. The van der Waals surface area contributed by atoms with Gasteiger partial charge in [0, 0.05) is 43.8 Å². The SMILES string of the molecule is CC(C)(C)NC(=O)c1cccc(CN2CCN(C(=O)c3cnc(NC(=O)O)cn3)CC2)c1. The number of carbonyl (C=O) groups is 3. The first-order valence-corrected chi connectivity index (χ1v) is 10.4. The highest BCUT2D eigenvalue weighted by atomic mass is 16.4. The molecule has 1 saturated heterocycles. The van der Waals surface area contributed by atoms with Crippen molar-refractivity contribution in [3.05, 3.63) is 53.5 Å². The lowest BCUT2D eigenvalue weighted by Gasteiger charge is -2.34. The summed E-state index contributed by atoms with van der Waals surface area (Å²) in [5.41, 5.74) is 1.55. The number of benzene rings is 1. The Hall–Kier alpha value is -3.53. The molecule has 2 aromatic rings. The summed E-state index contributed by atoms with van der Waals surface area (Å²) in [5, 5.41) is 13.7. The molecular weight excluding hydrogens is 412 g/mol. The third-order valence-corrected chi connectivity index (χ3v) is 4.85. The maximum atomic E-state index is 12.7. The molecule has 0 aliphatic carbocycles. The Kier molecular flexibility index (Phi) is 7.04. The predicted octanol–water partition coefficient (Wildman–Crippen LogP) is 2.05. The molecule has 1 aromatic carbocycles. The van der Waals surface area contributed by atoms with E-state index in [1.165, 1.54) is 12.4 Å². The van der Waals surface area contributed by atoms with Gasteiger partial charge in [0.05, 0.1) is 12.4 Å². The van der Waals surface area contributed by atoms with Crippen LogP contribution in [0.15, 0.2) is 36.7 Å². The van der Waals surface area contributed by atoms with E-state index in [2.05, 4.69) is 25.5 Å². The van der Waals surface area contributed by atoms with E-state index in [4.69, 9.17) is 5.11 Å². The highest BCUT2D eigenvalue weighted by molar-refractivity contribution is 5.94. The van der Waals surface area contributed by atoms with Crippen molar-refractivity contribution in [3.8, 4) is 0 Å². The molecule has 3 amide bonds. The molecule has 3 N–H and O–H groups in total. The molecule has 10 heteroatoms. The highest BCUT2D eigenvalue weighted by Crippen LogP contribution is 2.13. The van der Waals surface area contributed by atoms with E-state index >= 15 is 0 Å². The molecule has 1 aliphatic heterocycles. The first kappa shape index (κ1) is 23.1. The second kappa shape index (κ2) is 9.73. The number of carbonyl (C=O) groups excluding carboxylic acids is 2. The lowest BCUT2D eigenvalue weighted by Crippen LogP contribution is -2.48. The van der Waals surface area contributed by atoms with Gasteiger partial charge in [0.2, 0.25) is 0 Å². The van der Waals surface area contributed by atoms with Gasteiger partial charge < -0.3 is 15.3 Å². The van der Waals surface area contributed by atoms with Gasteiger partial charge in [0.15, 0.2) is 5.82 Å². The molecule has 1 fully saturated rings. The molecule has 0 bridgehead atoms. The number of amides is 3. The molecule has 32 heavy (non-hydrogen) atoms. The van der Waals surface area contributed by atoms with Crippen LogP contribution >= 0.6 is 0 Å². The van der Waals surface area contributed by atoms with E-state index in [0.29, 0.717) is 38.3 Å². The lowest BCUT2D eigenvalue weighted by atomic mass is 10.1. The van der Waals surface area contributed by atoms with Crippen molar-refractivity contribution in [2.75, 3.05) is 31.5 Å². The molecule has 0 radical (unpaired) electrons. The Balaban J connectivity index is 1.54. The zero-order chi connectivity index (χ0) is 23.3. The van der Waals surface area contributed by atoms with Crippen LogP contribution in [0, 0.1) is 0 Å². The van der Waals surface area contributed by atoms with Gasteiger partial charge in [0.1, 0.15) is 5.69 Å². The molecule has 170 valence electrons. The van der Waals surface area contributed by atoms with Crippen molar-refractivity contribution >= 4 is 23.7 Å². The van der Waals surface area contributed by atoms with Gasteiger partial charge in [0.25, 0.3) is 11.8 Å². The number of hydrogen-bond acceptors (Lipinski definition) is 6. The van der Waals surface area contributed by atoms with Crippen LogP contribution in [0.2, 0.25) is 0 Å². The van der Waals surface area contributed by atoms with Gasteiger partial charge in [-0.25, -0.2) is 14.8 Å². The average molecular weight is 441 g/mol. The Morgan fingerprint density at radius 2 is 1.78 bits per heavy atom. The molecule has 2 heterocycles.